The first-order chi connectivity index (χ1) is 11.2. The summed E-state index contributed by atoms with van der Waals surface area (Å²) in [7, 11) is 0. The van der Waals surface area contributed by atoms with Crippen LogP contribution < -0.4 is 5.32 Å². The Morgan fingerprint density at radius 3 is 2.74 bits per heavy atom. The molecule has 118 valence electrons. The van der Waals surface area contributed by atoms with Gasteiger partial charge in [0.1, 0.15) is 5.69 Å². The Bertz CT molecular complexity index is 750. The van der Waals surface area contributed by atoms with E-state index in [4.69, 9.17) is 0 Å². The molecular formula is C18H18N2OS2. The van der Waals surface area contributed by atoms with Crippen LogP contribution in [0.2, 0.25) is 0 Å². The molecule has 0 saturated carbocycles. The van der Waals surface area contributed by atoms with Gasteiger partial charge in [-0.2, -0.15) is 0 Å². The third-order valence-corrected chi connectivity index (χ3v) is 5.20. The molecule has 3 aromatic rings. The first kappa shape index (κ1) is 15.9. The maximum Gasteiger partial charge on any atom is 0.270 e. The number of hydrogen-bond acceptors (Lipinski definition) is 4. The summed E-state index contributed by atoms with van der Waals surface area (Å²) >= 11 is 3.25. The molecular weight excluding hydrogens is 324 g/mol. The molecule has 0 bridgehead atoms. The van der Waals surface area contributed by atoms with Crippen LogP contribution in [0.15, 0.2) is 53.2 Å². The minimum Gasteiger partial charge on any atom is -0.348 e. The number of hydrogen-bond donors (Lipinski definition) is 1. The van der Waals surface area contributed by atoms with Crippen molar-refractivity contribution in [3.05, 3.63) is 74.4 Å². The standard InChI is InChI=1S/C18H18N2OS2/c1-13(10-15-8-5-9-22-15)19-18(21)16-12-23-17(20-16)11-14-6-3-2-4-7-14/h2-9,12-13H,10-11H2,1H3,(H,19,21)/t13-/m0/s1. The van der Waals surface area contributed by atoms with E-state index in [1.165, 1.54) is 21.8 Å². The SMILES string of the molecule is C[C@@H](Cc1cccs1)NC(=O)c1csc(Cc2ccccc2)n1. The van der Waals surface area contributed by atoms with Gasteiger partial charge in [-0.25, -0.2) is 4.98 Å². The largest absolute Gasteiger partial charge is 0.348 e. The Morgan fingerprint density at radius 2 is 2.00 bits per heavy atom. The second-order valence-electron chi connectivity index (χ2n) is 5.45. The predicted octanol–water partition coefficient (Wildman–Crippen LogP) is 4.16. The van der Waals surface area contributed by atoms with Crippen molar-refractivity contribution >= 4 is 28.6 Å². The number of amides is 1. The van der Waals surface area contributed by atoms with Crippen LogP contribution in [0, 0.1) is 0 Å². The molecule has 0 radical (unpaired) electrons. The second kappa shape index (κ2) is 7.53. The third kappa shape index (κ3) is 4.50. The van der Waals surface area contributed by atoms with Gasteiger partial charge in [-0.05, 0) is 23.9 Å². The van der Waals surface area contributed by atoms with Gasteiger partial charge in [0.25, 0.3) is 5.91 Å². The van der Waals surface area contributed by atoms with E-state index < -0.39 is 0 Å². The van der Waals surface area contributed by atoms with Gasteiger partial charge in [0, 0.05) is 29.1 Å². The monoisotopic (exact) mass is 342 g/mol. The van der Waals surface area contributed by atoms with E-state index >= 15 is 0 Å². The van der Waals surface area contributed by atoms with Crippen LogP contribution in [-0.4, -0.2) is 16.9 Å². The number of nitrogens with one attached hydrogen (secondary N) is 1. The van der Waals surface area contributed by atoms with Gasteiger partial charge in [-0.15, -0.1) is 22.7 Å². The summed E-state index contributed by atoms with van der Waals surface area (Å²) in [5.41, 5.74) is 1.72. The maximum atomic E-state index is 12.3. The number of carbonyl (C=O) groups is 1. The van der Waals surface area contributed by atoms with Gasteiger partial charge in [0.15, 0.2) is 0 Å². The zero-order valence-corrected chi connectivity index (χ0v) is 14.5. The van der Waals surface area contributed by atoms with Crippen molar-refractivity contribution in [2.45, 2.75) is 25.8 Å². The van der Waals surface area contributed by atoms with Crippen molar-refractivity contribution in [1.29, 1.82) is 0 Å². The molecule has 0 aliphatic heterocycles. The van der Waals surface area contributed by atoms with E-state index in [1.807, 2.05) is 36.6 Å². The topological polar surface area (TPSA) is 42.0 Å². The lowest BCUT2D eigenvalue weighted by molar-refractivity contribution is 0.0935. The van der Waals surface area contributed by atoms with Crippen molar-refractivity contribution in [3.63, 3.8) is 0 Å². The number of thiophene rings is 1. The molecule has 3 nitrogen and oxygen atoms in total. The summed E-state index contributed by atoms with van der Waals surface area (Å²) < 4.78 is 0. The van der Waals surface area contributed by atoms with Crippen molar-refractivity contribution < 1.29 is 4.79 Å². The highest BCUT2D eigenvalue weighted by molar-refractivity contribution is 7.10. The molecule has 23 heavy (non-hydrogen) atoms. The first-order valence-corrected chi connectivity index (χ1v) is 9.28. The smallest absolute Gasteiger partial charge is 0.270 e. The number of benzene rings is 1. The molecule has 1 atom stereocenters. The predicted molar refractivity (Wildman–Crippen MR) is 96.3 cm³/mol. The third-order valence-electron chi connectivity index (χ3n) is 3.45. The fourth-order valence-electron chi connectivity index (χ4n) is 2.35. The van der Waals surface area contributed by atoms with E-state index in [0.717, 1.165) is 17.8 Å². The summed E-state index contributed by atoms with van der Waals surface area (Å²) in [6.07, 6.45) is 1.62. The number of aromatic nitrogens is 1. The zero-order chi connectivity index (χ0) is 16.1. The van der Waals surface area contributed by atoms with Gasteiger partial charge >= 0.3 is 0 Å². The average molecular weight is 342 g/mol. The highest BCUT2D eigenvalue weighted by atomic mass is 32.1. The lowest BCUT2D eigenvalue weighted by atomic mass is 10.2. The number of carbonyl (C=O) groups excluding carboxylic acids is 1. The average Bonchev–Trinajstić information content (AvgIpc) is 3.20. The molecule has 1 N–H and O–H groups in total. The molecule has 5 heteroatoms. The fraction of sp³-hybridized carbons (Fsp3) is 0.222. The lowest BCUT2D eigenvalue weighted by Gasteiger charge is -2.11. The molecule has 1 amide bonds. The molecule has 0 aliphatic rings. The number of rotatable bonds is 6. The Balaban J connectivity index is 1.57. The Kier molecular flexibility index (Phi) is 5.20. The maximum absolute atomic E-state index is 12.3. The summed E-state index contributed by atoms with van der Waals surface area (Å²) in [4.78, 5) is 18.0. The minimum atomic E-state index is -0.0929. The quantitative estimate of drug-likeness (QED) is 0.731. The molecule has 0 fully saturated rings. The number of nitrogens with zero attached hydrogens (tertiary/aromatic N) is 1. The Hall–Kier alpha value is -1.98. The van der Waals surface area contributed by atoms with E-state index in [9.17, 15) is 4.79 Å². The normalized spacial score (nSPS) is 12.0. The van der Waals surface area contributed by atoms with E-state index in [-0.39, 0.29) is 11.9 Å². The Morgan fingerprint density at radius 1 is 1.17 bits per heavy atom. The van der Waals surface area contributed by atoms with Gasteiger partial charge in [0.05, 0.1) is 5.01 Å². The molecule has 0 saturated heterocycles. The zero-order valence-electron chi connectivity index (χ0n) is 12.9. The van der Waals surface area contributed by atoms with Crippen LogP contribution in [0.4, 0.5) is 0 Å². The molecule has 2 aromatic heterocycles. The van der Waals surface area contributed by atoms with Crippen molar-refractivity contribution in [1.82, 2.24) is 10.3 Å². The van der Waals surface area contributed by atoms with E-state index in [2.05, 4.69) is 33.9 Å². The van der Waals surface area contributed by atoms with Crippen molar-refractivity contribution in [2.75, 3.05) is 0 Å². The van der Waals surface area contributed by atoms with Gasteiger partial charge in [0.2, 0.25) is 0 Å². The van der Waals surface area contributed by atoms with E-state index in [0.29, 0.717) is 5.69 Å². The summed E-state index contributed by atoms with van der Waals surface area (Å²) in [6.45, 7) is 2.02. The summed E-state index contributed by atoms with van der Waals surface area (Å²) in [6, 6.07) is 14.4. The van der Waals surface area contributed by atoms with Crippen molar-refractivity contribution in [3.8, 4) is 0 Å². The van der Waals surface area contributed by atoms with Crippen LogP contribution in [0.3, 0.4) is 0 Å². The summed E-state index contributed by atoms with van der Waals surface area (Å²) in [5, 5.41) is 7.88. The highest BCUT2D eigenvalue weighted by Gasteiger charge is 2.14. The van der Waals surface area contributed by atoms with Crippen molar-refractivity contribution in [2.24, 2.45) is 0 Å². The minimum absolute atomic E-state index is 0.0929. The molecule has 0 aliphatic carbocycles. The first-order valence-electron chi connectivity index (χ1n) is 7.52. The second-order valence-corrected chi connectivity index (χ2v) is 7.42. The van der Waals surface area contributed by atoms with Crippen LogP contribution in [0.5, 0.6) is 0 Å². The molecule has 3 rings (SSSR count). The van der Waals surface area contributed by atoms with Crippen LogP contribution >= 0.6 is 22.7 Å². The van der Waals surface area contributed by atoms with E-state index in [1.54, 1.807) is 11.3 Å². The fourth-order valence-corrected chi connectivity index (χ4v) is 3.99. The lowest BCUT2D eigenvalue weighted by Crippen LogP contribution is -2.34. The van der Waals surface area contributed by atoms with Crippen LogP contribution in [0.25, 0.3) is 0 Å². The highest BCUT2D eigenvalue weighted by Crippen LogP contribution is 2.15. The number of thiazole rings is 1. The van der Waals surface area contributed by atoms with Crippen LogP contribution in [-0.2, 0) is 12.8 Å². The molecule has 2 heterocycles. The Labute approximate surface area is 144 Å². The molecule has 0 spiro atoms. The van der Waals surface area contributed by atoms with Crippen LogP contribution in [0.1, 0.15) is 32.9 Å². The summed E-state index contributed by atoms with van der Waals surface area (Å²) in [5.74, 6) is -0.0929. The van der Waals surface area contributed by atoms with Gasteiger partial charge < -0.3 is 5.32 Å². The molecule has 0 unspecified atom stereocenters. The van der Waals surface area contributed by atoms with Gasteiger partial charge in [-0.1, -0.05) is 36.4 Å². The molecule has 1 aromatic carbocycles. The van der Waals surface area contributed by atoms with Gasteiger partial charge in [-0.3, -0.25) is 4.79 Å².